The zero-order valence-electron chi connectivity index (χ0n) is 14.5. The molecular weight excluding hydrogens is 294 g/mol. The molecule has 1 fully saturated rings. The van der Waals surface area contributed by atoms with Crippen LogP contribution in [0.2, 0.25) is 0 Å². The first-order valence-electron chi connectivity index (χ1n) is 7.92. The smallest absolute Gasteiger partial charge is 0.410 e. The van der Waals surface area contributed by atoms with Crippen molar-refractivity contribution in [1.29, 1.82) is 0 Å². The van der Waals surface area contributed by atoms with Crippen LogP contribution in [0.15, 0.2) is 18.2 Å². The van der Waals surface area contributed by atoms with E-state index in [2.05, 4.69) is 0 Å². The van der Waals surface area contributed by atoms with Crippen molar-refractivity contribution < 1.29 is 19.1 Å². The number of hydrogen-bond acceptors (Lipinski definition) is 4. The van der Waals surface area contributed by atoms with Crippen molar-refractivity contribution in [3.8, 4) is 0 Å². The second-order valence-corrected chi connectivity index (χ2v) is 6.84. The third kappa shape index (κ3) is 3.84. The van der Waals surface area contributed by atoms with Gasteiger partial charge in [0.05, 0.1) is 18.7 Å². The number of benzene rings is 1. The molecule has 1 aliphatic rings. The van der Waals surface area contributed by atoms with Crippen molar-refractivity contribution >= 4 is 12.1 Å². The maximum Gasteiger partial charge on any atom is 0.410 e. The van der Waals surface area contributed by atoms with E-state index in [1.165, 1.54) is 7.11 Å². The first-order valence-corrected chi connectivity index (χ1v) is 7.92. The average Bonchev–Trinajstić information content (AvgIpc) is 2.94. The van der Waals surface area contributed by atoms with E-state index in [4.69, 9.17) is 9.47 Å². The summed E-state index contributed by atoms with van der Waals surface area (Å²) in [5.41, 5.74) is 1.87. The van der Waals surface area contributed by atoms with Gasteiger partial charge in [0.2, 0.25) is 0 Å². The highest BCUT2D eigenvalue weighted by Gasteiger charge is 2.34. The van der Waals surface area contributed by atoms with Crippen LogP contribution in [0.4, 0.5) is 4.79 Å². The lowest BCUT2D eigenvalue weighted by atomic mass is 9.95. The summed E-state index contributed by atoms with van der Waals surface area (Å²) in [4.78, 5) is 26.1. The van der Waals surface area contributed by atoms with Gasteiger partial charge in [0.15, 0.2) is 0 Å². The van der Waals surface area contributed by atoms with Crippen LogP contribution < -0.4 is 0 Å². The molecule has 0 bridgehead atoms. The molecular formula is C18H25NO4. The molecule has 0 spiro atoms. The summed E-state index contributed by atoms with van der Waals surface area (Å²) in [6, 6.07) is 5.49. The molecule has 0 aromatic heterocycles. The fraction of sp³-hybridized carbons (Fsp3) is 0.556. The molecule has 1 amide bonds. The lowest BCUT2D eigenvalue weighted by molar-refractivity contribution is 0.0224. The van der Waals surface area contributed by atoms with E-state index in [1.807, 2.05) is 39.8 Å². The molecule has 1 aromatic carbocycles. The molecule has 0 unspecified atom stereocenters. The van der Waals surface area contributed by atoms with Gasteiger partial charge in [-0.2, -0.15) is 0 Å². The molecule has 0 aliphatic carbocycles. The summed E-state index contributed by atoms with van der Waals surface area (Å²) in [7, 11) is 1.37. The van der Waals surface area contributed by atoms with Crippen molar-refractivity contribution in [3.63, 3.8) is 0 Å². The SMILES string of the molecule is COC(=O)c1cccc([C@H]2CCCN2C(=O)OC(C)(C)C)c1C. The van der Waals surface area contributed by atoms with Gasteiger partial charge in [-0.05, 0) is 57.7 Å². The highest BCUT2D eigenvalue weighted by atomic mass is 16.6. The second kappa shape index (κ2) is 6.60. The number of likely N-dealkylation sites (tertiary alicyclic amines) is 1. The first kappa shape index (κ1) is 17.3. The van der Waals surface area contributed by atoms with Crippen LogP contribution in [-0.4, -0.2) is 36.2 Å². The molecule has 5 nitrogen and oxygen atoms in total. The Hall–Kier alpha value is -2.04. The van der Waals surface area contributed by atoms with Crippen molar-refractivity contribution in [1.82, 2.24) is 4.90 Å². The van der Waals surface area contributed by atoms with Gasteiger partial charge < -0.3 is 14.4 Å². The minimum absolute atomic E-state index is 0.0607. The van der Waals surface area contributed by atoms with Crippen LogP contribution >= 0.6 is 0 Å². The molecule has 1 saturated heterocycles. The minimum Gasteiger partial charge on any atom is -0.465 e. The summed E-state index contributed by atoms with van der Waals surface area (Å²) >= 11 is 0. The van der Waals surface area contributed by atoms with Crippen LogP contribution in [0, 0.1) is 6.92 Å². The molecule has 1 atom stereocenters. The Labute approximate surface area is 137 Å². The largest absolute Gasteiger partial charge is 0.465 e. The van der Waals surface area contributed by atoms with Gasteiger partial charge in [-0.25, -0.2) is 9.59 Å². The number of carbonyl (C=O) groups is 2. The van der Waals surface area contributed by atoms with E-state index in [0.29, 0.717) is 12.1 Å². The number of hydrogen-bond donors (Lipinski definition) is 0. The summed E-state index contributed by atoms with van der Waals surface area (Å²) in [5, 5.41) is 0. The summed E-state index contributed by atoms with van der Waals surface area (Å²) < 4.78 is 10.3. The Bertz CT molecular complexity index is 604. The van der Waals surface area contributed by atoms with Gasteiger partial charge in [-0.1, -0.05) is 12.1 Å². The van der Waals surface area contributed by atoms with Crippen molar-refractivity contribution in [3.05, 3.63) is 34.9 Å². The predicted molar refractivity (Wildman–Crippen MR) is 87.4 cm³/mol. The number of ether oxygens (including phenoxy) is 2. The summed E-state index contributed by atoms with van der Waals surface area (Å²) in [5.74, 6) is -0.355. The molecule has 2 rings (SSSR count). The second-order valence-electron chi connectivity index (χ2n) is 6.84. The molecule has 126 valence electrons. The standard InChI is InChI=1S/C18H25NO4/c1-12-13(8-6-9-14(12)16(20)22-5)15-10-7-11-19(15)17(21)23-18(2,3)4/h6,8-9,15H,7,10-11H2,1-5H3/t15-/m1/s1. The molecule has 23 heavy (non-hydrogen) atoms. The zero-order valence-corrected chi connectivity index (χ0v) is 14.5. The fourth-order valence-corrected chi connectivity index (χ4v) is 2.97. The first-order chi connectivity index (χ1) is 10.7. The lowest BCUT2D eigenvalue weighted by Gasteiger charge is -2.29. The number of methoxy groups -OCH3 is 1. The van der Waals surface area contributed by atoms with E-state index in [-0.39, 0.29) is 18.1 Å². The van der Waals surface area contributed by atoms with Crippen LogP contribution in [0.5, 0.6) is 0 Å². The number of nitrogens with zero attached hydrogens (tertiary/aromatic N) is 1. The quantitative estimate of drug-likeness (QED) is 0.777. The van der Waals surface area contributed by atoms with Crippen LogP contribution in [0.3, 0.4) is 0 Å². The molecule has 1 heterocycles. The van der Waals surface area contributed by atoms with Gasteiger partial charge >= 0.3 is 12.1 Å². The normalized spacial score (nSPS) is 18.0. The maximum atomic E-state index is 12.4. The maximum absolute atomic E-state index is 12.4. The van der Waals surface area contributed by atoms with Gasteiger partial charge in [-0.3, -0.25) is 0 Å². The third-order valence-corrected chi connectivity index (χ3v) is 4.02. The lowest BCUT2D eigenvalue weighted by Crippen LogP contribution is -2.36. The van der Waals surface area contributed by atoms with Crippen LogP contribution in [0.25, 0.3) is 0 Å². The Morgan fingerprint density at radius 2 is 1.96 bits per heavy atom. The highest BCUT2D eigenvalue weighted by molar-refractivity contribution is 5.91. The van der Waals surface area contributed by atoms with Gasteiger partial charge in [-0.15, -0.1) is 0 Å². The molecule has 5 heteroatoms. The topological polar surface area (TPSA) is 55.8 Å². The van der Waals surface area contributed by atoms with E-state index >= 15 is 0 Å². The fourth-order valence-electron chi connectivity index (χ4n) is 2.97. The van der Waals surface area contributed by atoms with Crippen LogP contribution in [0.1, 0.15) is 61.1 Å². The van der Waals surface area contributed by atoms with Gasteiger partial charge in [0, 0.05) is 6.54 Å². The molecule has 0 radical (unpaired) electrons. The molecule has 0 saturated carbocycles. The highest BCUT2D eigenvalue weighted by Crippen LogP contribution is 2.35. The van der Waals surface area contributed by atoms with Crippen molar-refractivity contribution in [2.24, 2.45) is 0 Å². The van der Waals surface area contributed by atoms with E-state index in [9.17, 15) is 9.59 Å². The van der Waals surface area contributed by atoms with E-state index < -0.39 is 5.60 Å². The number of carbonyl (C=O) groups excluding carboxylic acids is 2. The van der Waals surface area contributed by atoms with E-state index in [1.54, 1.807) is 11.0 Å². The van der Waals surface area contributed by atoms with E-state index in [0.717, 1.165) is 24.0 Å². The molecule has 0 N–H and O–H groups in total. The van der Waals surface area contributed by atoms with Crippen molar-refractivity contribution in [2.45, 2.75) is 52.2 Å². The Balaban J connectivity index is 2.30. The predicted octanol–water partition coefficient (Wildman–Crippen LogP) is 3.85. The number of esters is 1. The monoisotopic (exact) mass is 319 g/mol. The Morgan fingerprint density at radius 1 is 1.26 bits per heavy atom. The third-order valence-electron chi connectivity index (χ3n) is 4.02. The number of rotatable bonds is 2. The zero-order chi connectivity index (χ0) is 17.2. The van der Waals surface area contributed by atoms with Crippen molar-refractivity contribution in [2.75, 3.05) is 13.7 Å². The molecule has 1 aliphatic heterocycles. The summed E-state index contributed by atoms with van der Waals surface area (Å²) in [6.45, 7) is 8.14. The number of amides is 1. The van der Waals surface area contributed by atoms with Gasteiger partial charge in [0.25, 0.3) is 0 Å². The van der Waals surface area contributed by atoms with Crippen LogP contribution in [-0.2, 0) is 9.47 Å². The minimum atomic E-state index is -0.521. The molecule has 1 aromatic rings. The Kier molecular flexibility index (Phi) is 4.97. The Morgan fingerprint density at radius 3 is 2.57 bits per heavy atom. The van der Waals surface area contributed by atoms with Gasteiger partial charge in [0.1, 0.15) is 5.60 Å². The average molecular weight is 319 g/mol. The summed E-state index contributed by atoms with van der Waals surface area (Å²) in [6.07, 6.45) is 1.49.